The second-order valence-electron chi connectivity index (χ2n) is 5.52. The SMILES string of the molecule is CCc1ccc(N=C2NC(=O)/C(=C/c3ccc(OCC#N)cc3)S2)cc1. The van der Waals surface area contributed by atoms with Gasteiger partial charge in [-0.2, -0.15) is 5.26 Å². The monoisotopic (exact) mass is 363 g/mol. The van der Waals surface area contributed by atoms with Crippen molar-refractivity contribution in [3.63, 3.8) is 0 Å². The summed E-state index contributed by atoms with van der Waals surface area (Å²) < 4.78 is 5.22. The Labute approximate surface area is 156 Å². The van der Waals surface area contributed by atoms with E-state index >= 15 is 0 Å². The zero-order valence-electron chi connectivity index (χ0n) is 14.2. The maximum Gasteiger partial charge on any atom is 0.264 e. The second-order valence-corrected chi connectivity index (χ2v) is 6.55. The number of nitrogens with one attached hydrogen (secondary N) is 1. The molecule has 3 rings (SSSR count). The van der Waals surface area contributed by atoms with E-state index in [4.69, 9.17) is 10.00 Å². The number of amidine groups is 1. The van der Waals surface area contributed by atoms with Crippen molar-refractivity contribution in [2.75, 3.05) is 6.61 Å². The summed E-state index contributed by atoms with van der Waals surface area (Å²) in [4.78, 5) is 17.2. The lowest BCUT2D eigenvalue weighted by Gasteiger charge is -2.01. The predicted octanol–water partition coefficient (Wildman–Crippen LogP) is 4.04. The summed E-state index contributed by atoms with van der Waals surface area (Å²) in [5.41, 5.74) is 2.94. The van der Waals surface area contributed by atoms with Gasteiger partial charge < -0.3 is 10.1 Å². The molecular weight excluding hydrogens is 346 g/mol. The third kappa shape index (κ3) is 4.52. The standard InChI is InChI=1S/C20H17N3O2S/c1-2-14-3-7-16(8-4-14)22-20-23-19(24)18(26-20)13-15-5-9-17(10-6-15)25-12-11-21/h3-10,13H,2,12H2,1H3,(H,22,23,24)/b18-13-. The smallest absolute Gasteiger partial charge is 0.264 e. The van der Waals surface area contributed by atoms with Gasteiger partial charge >= 0.3 is 0 Å². The summed E-state index contributed by atoms with van der Waals surface area (Å²) in [6, 6.07) is 17.1. The fourth-order valence-corrected chi connectivity index (χ4v) is 3.17. The van der Waals surface area contributed by atoms with Crippen LogP contribution in [-0.4, -0.2) is 17.7 Å². The van der Waals surface area contributed by atoms with Crippen LogP contribution in [0.3, 0.4) is 0 Å². The number of hydrogen-bond donors (Lipinski definition) is 1. The number of aryl methyl sites for hydroxylation is 1. The summed E-state index contributed by atoms with van der Waals surface area (Å²) in [5, 5.41) is 11.9. The number of nitriles is 1. The molecule has 0 spiro atoms. The van der Waals surface area contributed by atoms with E-state index in [1.165, 1.54) is 17.3 Å². The van der Waals surface area contributed by atoms with Crippen molar-refractivity contribution >= 4 is 34.6 Å². The zero-order valence-corrected chi connectivity index (χ0v) is 15.0. The molecule has 1 amide bonds. The lowest BCUT2D eigenvalue weighted by atomic mass is 10.2. The van der Waals surface area contributed by atoms with Crippen LogP contribution in [0.5, 0.6) is 5.75 Å². The first-order valence-corrected chi connectivity index (χ1v) is 8.98. The Morgan fingerprint density at radius 1 is 1.19 bits per heavy atom. The highest BCUT2D eigenvalue weighted by Gasteiger charge is 2.23. The molecule has 1 aliphatic rings. The normalized spacial score (nSPS) is 16.5. The molecule has 6 heteroatoms. The van der Waals surface area contributed by atoms with Crippen LogP contribution in [0.2, 0.25) is 0 Å². The molecule has 2 aromatic rings. The molecule has 1 aliphatic heterocycles. The van der Waals surface area contributed by atoms with E-state index in [1.807, 2.05) is 42.5 Å². The molecular formula is C20H17N3O2S. The number of hydrogen-bond acceptors (Lipinski definition) is 5. The van der Waals surface area contributed by atoms with Gasteiger partial charge in [-0.05, 0) is 59.7 Å². The second kappa shape index (κ2) is 8.37. The van der Waals surface area contributed by atoms with E-state index in [0.717, 1.165) is 17.7 Å². The fraction of sp³-hybridized carbons (Fsp3) is 0.150. The highest BCUT2D eigenvalue weighted by molar-refractivity contribution is 8.18. The predicted molar refractivity (Wildman–Crippen MR) is 104 cm³/mol. The van der Waals surface area contributed by atoms with E-state index in [0.29, 0.717) is 15.8 Å². The maximum absolute atomic E-state index is 12.1. The minimum Gasteiger partial charge on any atom is -0.479 e. The molecule has 0 saturated carbocycles. The van der Waals surface area contributed by atoms with Gasteiger partial charge in [-0.15, -0.1) is 0 Å². The molecule has 0 radical (unpaired) electrons. The molecule has 0 aliphatic carbocycles. The molecule has 0 unspecified atom stereocenters. The van der Waals surface area contributed by atoms with Crippen molar-refractivity contribution in [3.8, 4) is 11.8 Å². The van der Waals surface area contributed by atoms with Crippen LogP contribution in [0.1, 0.15) is 18.1 Å². The largest absolute Gasteiger partial charge is 0.479 e. The van der Waals surface area contributed by atoms with Crippen molar-refractivity contribution in [1.82, 2.24) is 5.32 Å². The van der Waals surface area contributed by atoms with Gasteiger partial charge in [-0.1, -0.05) is 31.2 Å². The van der Waals surface area contributed by atoms with Gasteiger partial charge in [0.2, 0.25) is 0 Å². The average Bonchev–Trinajstić information content (AvgIpc) is 3.00. The number of aliphatic imine (C=N–C) groups is 1. The number of nitrogens with zero attached hydrogens (tertiary/aromatic N) is 2. The molecule has 1 fully saturated rings. The maximum atomic E-state index is 12.1. The Bertz CT molecular complexity index is 894. The molecule has 0 aromatic heterocycles. The van der Waals surface area contributed by atoms with Crippen molar-refractivity contribution < 1.29 is 9.53 Å². The Hall–Kier alpha value is -3.04. The molecule has 26 heavy (non-hydrogen) atoms. The highest BCUT2D eigenvalue weighted by Crippen LogP contribution is 2.28. The summed E-state index contributed by atoms with van der Waals surface area (Å²) in [6.45, 7) is 2.12. The quantitative estimate of drug-likeness (QED) is 0.814. The van der Waals surface area contributed by atoms with Gasteiger partial charge in [-0.25, -0.2) is 4.99 Å². The minimum atomic E-state index is -0.163. The van der Waals surface area contributed by atoms with E-state index in [1.54, 1.807) is 18.2 Å². The summed E-state index contributed by atoms with van der Waals surface area (Å²) in [6.07, 6.45) is 2.78. The number of benzene rings is 2. The van der Waals surface area contributed by atoms with Crippen molar-refractivity contribution in [1.29, 1.82) is 5.26 Å². The van der Waals surface area contributed by atoms with Crippen molar-refractivity contribution in [2.45, 2.75) is 13.3 Å². The van der Waals surface area contributed by atoms with E-state index < -0.39 is 0 Å². The van der Waals surface area contributed by atoms with Crippen LogP contribution < -0.4 is 10.1 Å². The van der Waals surface area contributed by atoms with Crippen LogP contribution in [-0.2, 0) is 11.2 Å². The number of ether oxygens (including phenoxy) is 1. The molecule has 1 heterocycles. The van der Waals surface area contributed by atoms with Crippen LogP contribution in [0.4, 0.5) is 5.69 Å². The minimum absolute atomic E-state index is 0.0117. The third-order valence-corrected chi connectivity index (χ3v) is 4.62. The summed E-state index contributed by atoms with van der Waals surface area (Å²) in [7, 11) is 0. The Morgan fingerprint density at radius 3 is 2.58 bits per heavy atom. The van der Waals surface area contributed by atoms with Crippen molar-refractivity contribution in [3.05, 3.63) is 64.6 Å². The van der Waals surface area contributed by atoms with E-state index in [-0.39, 0.29) is 12.5 Å². The number of thioether (sulfide) groups is 1. The first kappa shape index (κ1) is 17.8. The highest BCUT2D eigenvalue weighted by atomic mass is 32.2. The van der Waals surface area contributed by atoms with Gasteiger partial charge in [-0.3, -0.25) is 4.79 Å². The fourth-order valence-electron chi connectivity index (χ4n) is 2.33. The number of carbonyl (C=O) groups is 1. The van der Waals surface area contributed by atoms with Crippen LogP contribution >= 0.6 is 11.8 Å². The molecule has 5 nitrogen and oxygen atoms in total. The van der Waals surface area contributed by atoms with Gasteiger partial charge in [0.1, 0.15) is 11.8 Å². The van der Waals surface area contributed by atoms with Crippen molar-refractivity contribution in [2.24, 2.45) is 4.99 Å². The Morgan fingerprint density at radius 2 is 1.92 bits per heavy atom. The molecule has 1 saturated heterocycles. The zero-order chi connectivity index (χ0) is 18.4. The van der Waals surface area contributed by atoms with Crippen LogP contribution in [0, 0.1) is 11.3 Å². The molecule has 0 atom stereocenters. The Kier molecular flexibility index (Phi) is 5.72. The van der Waals surface area contributed by atoms with E-state index in [9.17, 15) is 4.79 Å². The number of amides is 1. The van der Waals surface area contributed by atoms with Gasteiger partial charge in [0.25, 0.3) is 5.91 Å². The van der Waals surface area contributed by atoms with Gasteiger partial charge in [0.15, 0.2) is 11.8 Å². The topological polar surface area (TPSA) is 74.5 Å². The number of rotatable bonds is 5. The first-order chi connectivity index (χ1) is 12.7. The molecule has 1 N–H and O–H groups in total. The molecule has 2 aromatic carbocycles. The van der Waals surface area contributed by atoms with Gasteiger partial charge in [0.05, 0.1) is 10.6 Å². The van der Waals surface area contributed by atoms with Crippen LogP contribution in [0.15, 0.2) is 58.4 Å². The van der Waals surface area contributed by atoms with Crippen LogP contribution in [0.25, 0.3) is 6.08 Å². The summed E-state index contributed by atoms with van der Waals surface area (Å²) >= 11 is 1.31. The average molecular weight is 363 g/mol. The Balaban J connectivity index is 1.71. The molecule has 130 valence electrons. The number of carbonyl (C=O) groups excluding carboxylic acids is 1. The third-order valence-electron chi connectivity index (χ3n) is 3.71. The van der Waals surface area contributed by atoms with E-state index in [2.05, 4.69) is 17.2 Å². The lowest BCUT2D eigenvalue weighted by Crippen LogP contribution is -2.19. The van der Waals surface area contributed by atoms with Gasteiger partial charge in [0, 0.05) is 0 Å². The molecule has 0 bridgehead atoms. The summed E-state index contributed by atoms with van der Waals surface area (Å²) in [5.74, 6) is 0.457. The first-order valence-electron chi connectivity index (χ1n) is 8.16. The lowest BCUT2D eigenvalue weighted by molar-refractivity contribution is -0.115.